The molecule has 0 saturated heterocycles. The second-order valence-electron chi connectivity index (χ2n) is 5.70. The summed E-state index contributed by atoms with van der Waals surface area (Å²) in [6, 6.07) is 8.67. The number of nitrogens with two attached hydrogens (primary N) is 1. The van der Waals surface area contributed by atoms with E-state index in [0.717, 1.165) is 18.4 Å². The summed E-state index contributed by atoms with van der Waals surface area (Å²) in [6.07, 6.45) is 10.0. The molecule has 116 valence electrons. The van der Waals surface area contributed by atoms with Crippen molar-refractivity contribution in [3.8, 4) is 0 Å². The highest BCUT2D eigenvalue weighted by Crippen LogP contribution is 2.23. The van der Waals surface area contributed by atoms with Gasteiger partial charge in [-0.25, -0.2) is 4.98 Å². The molecule has 3 N–H and O–H groups in total. The Labute approximate surface area is 131 Å². The largest absolute Gasteiger partial charge is 0.271 e. The first-order chi connectivity index (χ1) is 10.3. The average Bonchev–Trinajstić information content (AvgIpc) is 2.91. The molecule has 0 bridgehead atoms. The van der Waals surface area contributed by atoms with Crippen molar-refractivity contribution in [2.75, 3.05) is 0 Å². The van der Waals surface area contributed by atoms with Crippen LogP contribution in [0.2, 0.25) is 0 Å². The van der Waals surface area contributed by atoms with Crippen molar-refractivity contribution in [3.63, 3.8) is 0 Å². The van der Waals surface area contributed by atoms with E-state index in [0.29, 0.717) is 6.04 Å². The van der Waals surface area contributed by atoms with Gasteiger partial charge in [-0.15, -0.1) is 11.3 Å². The molecule has 2 rings (SSSR count). The summed E-state index contributed by atoms with van der Waals surface area (Å²) in [5.74, 6) is 5.70. The summed E-state index contributed by atoms with van der Waals surface area (Å²) >= 11 is 1.78. The van der Waals surface area contributed by atoms with Crippen molar-refractivity contribution in [1.82, 2.24) is 10.4 Å². The van der Waals surface area contributed by atoms with Crippen LogP contribution in [0.4, 0.5) is 0 Å². The number of fused-ring (bicyclic) bond motifs is 1. The van der Waals surface area contributed by atoms with Crippen molar-refractivity contribution in [2.24, 2.45) is 5.84 Å². The maximum atomic E-state index is 5.70. The molecule has 1 atom stereocenters. The zero-order valence-corrected chi connectivity index (χ0v) is 13.8. The van der Waals surface area contributed by atoms with Gasteiger partial charge in [0.05, 0.1) is 15.2 Å². The average molecular weight is 305 g/mol. The van der Waals surface area contributed by atoms with Gasteiger partial charge in [-0.3, -0.25) is 11.3 Å². The molecule has 0 aliphatic rings. The van der Waals surface area contributed by atoms with Crippen molar-refractivity contribution in [2.45, 2.75) is 64.3 Å². The number of nitrogens with zero attached hydrogens (tertiary/aromatic N) is 1. The van der Waals surface area contributed by atoms with E-state index >= 15 is 0 Å². The van der Waals surface area contributed by atoms with Gasteiger partial charge in [-0.05, 0) is 18.6 Å². The third-order valence-corrected chi connectivity index (χ3v) is 4.96. The highest BCUT2D eigenvalue weighted by Gasteiger charge is 2.11. The predicted octanol–water partition coefficient (Wildman–Crippen LogP) is 4.42. The SMILES string of the molecule is CCCCCCCCC(Cc1nc2ccccc2s1)NN. The molecule has 2 aromatic rings. The summed E-state index contributed by atoms with van der Waals surface area (Å²) in [4.78, 5) is 4.69. The standard InChI is InChI=1S/C17H27N3S/c1-2-3-4-5-6-7-10-14(20-18)13-17-19-15-11-8-9-12-16(15)21-17/h8-9,11-12,14,20H,2-7,10,13,18H2,1H3. The van der Waals surface area contributed by atoms with Gasteiger partial charge in [-0.2, -0.15) is 0 Å². The molecule has 1 aromatic carbocycles. The summed E-state index contributed by atoms with van der Waals surface area (Å²) in [5, 5.41) is 1.19. The molecule has 0 radical (unpaired) electrons. The van der Waals surface area contributed by atoms with Crippen molar-refractivity contribution >= 4 is 21.6 Å². The Morgan fingerprint density at radius 3 is 2.67 bits per heavy atom. The molecule has 0 spiro atoms. The second kappa shape index (κ2) is 9.13. The monoisotopic (exact) mass is 305 g/mol. The lowest BCUT2D eigenvalue weighted by Gasteiger charge is -2.14. The zero-order valence-electron chi connectivity index (χ0n) is 13.0. The highest BCUT2D eigenvalue weighted by atomic mass is 32.1. The minimum absolute atomic E-state index is 0.344. The van der Waals surface area contributed by atoms with Gasteiger partial charge < -0.3 is 0 Å². The van der Waals surface area contributed by atoms with E-state index < -0.39 is 0 Å². The molecule has 0 aliphatic heterocycles. The van der Waals surface area contributed by atoms with Crippen LogP contribution in [0.3, 0.4) is 0 Å². The van der Waals surface area contributed by atoms with Gasteiger partial charge >= 0.3 is 0 Å². The van der Waals surface area contributed by atoms with Crippen LogP contribution in [0.25, 0.3) is 10.2 Å². The van der Waals surface area contributed by atoms with E-state index in [9.17, 15) is 0 Å². The Morgan fingerprint density at radius 2 is 1.90 bits per heavy atom. The molecule has 1 unspecified atom stereocenters. The molecular weight excluding hydrogens is 278 g/mol. The van der Waals surface area contributed by atoms with Crippen LogP contribution < -0.4 is 11.3 Å². The Hall–Kier alpha value is -0.970. The van der Waals surface area contributed by atoms with Gasteiger partial charge in [0.15, 0.2) is 0 Å². The molecule has 0 fully saturated rings. The second-order valence-corrected chi connectivity index (χ2v) is 6.81. The number of benzene rings is 1. The fourth-order valence-corrected chi connectivity index (χ4v) is 3.68. The van der Waals surface area contributed by atoms with Gasteiger partial charge in [0, 0.05) is 12.5 Å². The number of hydrogen-bond donors (Lipinski definition) is 2. The molecule has 3 nitrogen and oxygen atoms in total. The van der Waals surface area contributed by atoms with Gasteiger partial charge in [0.2, 0.25) is 0 Å². The normalized spacial score (nSPS) is 12.9. The molecular formula is C17H27N3S. The first-order valence-corrected chi connectivity index (χ1v) is 8.95. The van der Waals surface area contributed by atoms with E-state index in [1.54, 1.807) is 11.3 Å². The van der Waals surface area contributed by atoms with Gasteiger partial charge in [0.25, 0.3) is 0 Å². The number of rotatable bonds is 10. The molecule has 4 heteroatoms. The lowest BCUT2D eigenvalue weighted by molar-refractivity contribution is 0.459. The van der Waals surface area contributed by atoms with Crippen molar-refractivity contribution < 1.29 is 0 Å². The fraction of sp³-hybridized carbons (Fsp3) is 0.588. The molecule has 0 aliphatic carbocycles. The molecule has 21 heavy (non-hydrogen) atoms. The van der Waals surface area contributed by atoms with Crippen molar-refractivity contribution in [1.29, 1.82) is 0 Å². The topological polar surface area (TPSA) is 50.9 Å². The predicted molar refractivity (Wildman–Crippen MR) is 92.4 cm³/mol. The lowest BCUT2D eigenvalue weighted by atomic mass is 10.0. The van der Waals surface area contributed by atoms with Crippen LogP contribution in [0, 0.1) is 0 Å². The van der Waals surface area contributed by atoms with Crippen LogP contribution in [0.15, 0.2) is 24.3 Å². The number of hydrogen-bond acceptors (Lipinski definition) is 4. The number of aromatic nitrogens is 1. The number of nitrogens with one attached hydrogen (secondary N) is 1. The minimum atomic E-state index is 0.344. The third kappa shape index (κ3) is 5.38. The lowest BCUT2D eigenvalue weighted by Crippen LogP contribution is -2.36. The third-order valence-electron chi connectivity index (χ3n) is 3.90. The Morgan fingerprint density at radius 1 is 1.14 bits per heavy atom. The molecule has 0 saturated carbocycles. The summed E-state index contributed by atoms with van der Waals surface area (Å²) in [5.41, 5.74) is 4.07. The number of unbranched alkanes of at least 4 members (excludes halogenated alkanes) is 5. The van der Waals surface area contributed by atoms with Gasteiger partial charge in [0.1, 0.15) is 0 Å². The highest BCUT2D eigenvalue weighted by molar-refractivity contribution is 7.18. The summed E-state index contributed by atoms with van der Waals surface area (Å²) < 4.78 is 1.27. The molecule has 1 heterocycles. The first kappa shape index (κ1) is 16.4. The minimum Gasteiger partial charge on any atom is -0.271 e. The summed E-state index contributed by atoms with van der Waals surface area (Å²) in [7, 11) is 0. The molecule has 0 amide bonds. The van der Waals surface area contributed by atoms with Crippen LogP contribution >= 0.6 is 11.3 Å². The maximum Gasteiger partial charge on any atom is 0.0954 e. The Bertz CT molecular complexity index is 490. The van der Waals surface area contributed by atoms with Crippen LogP contribution in [0.1, 0.15) is 56.9 Å². The van der Waals surface area contributed by atoms with E-state index in [4.69, 9.17) is 10.8 Å². The number of thiazole rings is 1. The van der Waals surface area contributed by atoms with Gasteiger partial charge in [-0.1, -0.05) is 57.6 Å². The summed E-state index contributed by atoms with van der Waals surface area (Å²) in [6.45, 7) is 2.26. The number of hydrazine groups is 1. The van der Waals surface area contributed by atoms with Crippen LogP contribution in [0.5, 0.6) is 0 Å². The van der Waals surface area contributed by atoms with E-state index in [-0.39, 0.29) is 0 Å². The zero-order chi connectivity index (χ0) is 14.9. The Balaban J connectivity index is 1.76. The molecule has 1 aromatic heterocycles. The number of para-hydroxylation sites is 1. The quantitative estimate of drug-likeness (QED) is 0.388. The van der Waals surface area contributed by atoms with Crippen LogP contribution in [-0.2, 0) is 6.42 Å². The van der Waals surface area contributed by atoms with E-state index in [1.807, 2.05) is 6.07 Å². The first-order valence-electron chi connectivity index (χ1n) is 8.14. The Kier molecular flexibility index (Phi) is 7.13. The van der Waals surface area contributed by atoms with E-state index in [2.05, 4.69) is 30.5 Å². The fourth-order valence-electron chi connectivity index (χ4n) is 2.63. The smallest absolute Gasteiger partial charge is 0.0954 e. The van der Waals surface area contributed by atoms with Crippen LogP contribution in [-0.4, -0.2) is 11.0 Å². The van der Waals surface area contributed by atoms with E-state index in [1.165, 1.54) is 48.2 Å². The maximum absolute atomic E-state index is 5.70. The van der Waals surface area contributed by atoms with Crippen molar-refractivity contribution in [3.05, 3.63) is 29.3 Å².